The fraction of sp³-hybridized carbons (Fsp3) is 0.250. The third kappa shape index (κ3) is 3.03. The summed E-state index contributed by atoms with van der Waals surface area (Å²) < 4.78 is 0. The third-order valence-corrected chi connectivity index (χ3v) is 3.47. The van der Waals surface area contributed by atoms with E-state index in [1.54, 1.807) is 6.20 Å². The molecule has 2 rings (SSSR count). The molecule has 1 aromatic carbocycles. The van der Waals surface area contributed by atoms with Crippen LogP contribution < -0.4 is 11.1 Å². The summed E-state index contributed by atoms with van der Waals surface area (Å²) in [6.07, 6.45) is 1.77. The van der Waals surface area contributed by atoms with Gasteiger partial charge in [0, 0.05) is 12.7 Å². The zero-order valence-electron chi connectivity index (χ0n) is 11.5. The Morgan fingerprint density at radius 3 is 2.50 bits per heavy atom. The van der Waals surface area contributed by atoms with Gasteiger partial charge in [0.05, 0.1) is 17.7 Å². The number of hydrogen-bond donors (Lipinski definition) is 2. The van der Waals surface area contributed by atoms with Crippen LogP contribution in [0.5, 0.6) is 0 Å². The SMILES string of the molecule is CC(CNC(=O)CN)(c1ccccc1)c1ccccn1. The van der Waals surface area contributed by atoms with Crippen LogP contribution in [0.25, 0.3) is 0 Å². The van der Waals surface area contributed by atoms with Crippen LogP contribution in [0.15, 0.2) is 54.7 Å². The van der Waals surface area contributed by atoms with E-state index < -0.39 is 0 Å². The Balaban J connectivity index is 2.36. The lowest BCUT2D eigenvalue weighted by atomic mass is 9.79. The van der Waals surface area contributed by atoms with Crippen LogP contribution in [0.3, 0.4) is 0 Å². The maximum Gasteiger partial charge on any atom is 0.233 e. The van der Waals surface area contributed by atoms with Gasteiger partial charge in [-0.05, 0) is 24.6 Å². The Bertz CT molecular complexity index is 515. The minimum atomic E-state index is -0.382. The maximum atomic E-state index is 11.5. The number of nitrogens with zero attached hydrogens (tertiary/aromatic N) is 1. The van der Waals surface area contributed by atoms with Crippen molar-refractivity contribution < 1.29 is 4.79 Å². The quantitative estimate of drug-likeness (QED) is 0.863. The maximum absolute atomic E-state index is 11.5. The Morgan fingerprint density at radius 1 is 1.20 bits per heavy atom. The van der Waals surface area contributed by atoms with Gasteiger partial charge in [0.1, 0.15) is 0 Å². The second-order valence-electron chi connectivity index (χ2n) is 4.89. The van der Waals surface area contributed by atoms with E-state index in [9.17, 15) is 4.79 Å². The predicted molar refractivity (Wildman–Crippen MR) is 79.2 cm³/mol. The number of amides is 1. The smallest absolute Gasteiger partial charge is 0.233 e. The number of nitrogens with two attached hydrogens (primary N) is 1. The van der Waals surface area contributed by atoms with Crippen molar-refractivity contribution >= 4 is 5.91 Å². The van der Waals surface area contributed by atoms with E-state index in [-0.39, 0.29) is 17.9 Å². The molecule has 0 spiro atoms. The van der Waals surface area contributed by atoms with E-state index in [4.69, 9.17) is 5.73 Å². The molecule has 3 N–H and O–H groups in total. The second kappa shape index (κ2) is 6.30. The first-order chi connectivity index (χ1) is 9.66. The molecule has 4 nitrogen and oxygen atoms in total. The molecule has 104 valence electrons. The zero-order chi connectivity index (χ0) is 14.4. The minimum absolute atomic E-state index is 0.00686. The van der Waals surface area contributed by atoms with Crippen LogP contribution in [0.2, 0.25) is 0 Å². The molecule has 0 aliphatic heterocycles. The molecule has 2 aromatic rings. The number of benzene rings is 1. The summed E-state index contributed by atoms with van der Waals surface area (Å²) in [7, 11) is 0. The Kier molecular flexibility index (Phi) is 4.48. The van der Waals surface area contributed by atoms with Gasteiger partial charge in [-0.2, -0.15) is 0 Å². The average molecular weight is 269 g/mol. The molecule has 0 bridgehead atoms. The van der Waals surface area contributed by atoms with Crippen molar-refractivity contribution in [3.8, 4) is 0 Å². The van der Waals surface area contributed by atoms with Gasteiger partial charge in [-0.3, -0.25) is 9.78 Å². The van der Waals surface area contributed by atoms with Crippen LogP contribution >= 0.6 is 0 Å². The van der Waals surface area contributed by atoms with E-state index in [0.29, 0.717) is 6.54 Å². The van der Waals surface area contributed by atoms with Gasteiger partial charge in [-0.25, -0.2) is 0 Å². The molecule has 0 fully saturated rings. The highest BCUT2D eigenvalue weighted by molar-refractivity contribution is 5.77. The summed E-state index contributed by atoms with van der Waals surface area (Å²) in [6.45, 7) is 2.53. The highest BCUT2D eigenvalue weighted by Crippen LogP contribution is 2.29. The summed E-state index contributed by atoms with van der Waals surface area (Å²) in [5.74, 6) is -0.164. The van der Waals surface area contributed by atoms with Gasteiger partial charge in [-0.15, -0.1) is 0 Å². The Morgan fingerprint density at radius 2 is 1.90 bits per heavy atom. The second-order valence-corrected chi connectivity index (χ2v) is 4.89. The van der Waals surface area contributed by atoms with Crippen molar-refractivity contribution in [2.75, 3.05) is 13.1 Å². The molecule has 0 aliphatic carbocycles. The van der Waals surface area contributed by atoms with E-state index in [0.717, 1.165) is 11.3 Å². The molecule has 1 heterocycles. The third-order valence-electron chi connectivity index (χ3n) is 3.47. The summed E-state index contributed by atoms with van der Waals surface area (Å²) in [5, 5.41) is 2.87. The van der Waals surface area contributed by atoms with Crippen molar-refractivity contribution in [2.24, 2.45) is 5.73 Å². The number of rotatable bonds is 5. The van der Waals surface area contributed by atoms with Crippen LogP contribution in [0.1, 0.15) is 18.2 Å². The molecule has 0 saturated heterocycles. The van der Waals surface area contributed by atoms with Gasteiger partial charge in [0.2, 0.25) is 5.91 Å². The standard InChI is InChI=1S/C16H19N3O/c1-16(12-19-15(20)11-17,13-7-3-2-4-8-13)14-9-5-6-10-18-14/h2-10H,11-12,17H2,1H3,(H,19,20). The van der Waals surface area contributed by atoms with Crippen molar-refractivity contribution in [1.82, 2.24) is 10.3 Å². The number of pyridine rings is 1. The minimum Gasteiger partial charge on any atom is -0.354 e. The van der Waals surface area contributed by atoms with Crippen molar-refractivity contribution in [2.45, 2.75) is 12.3 Å². The van der Waals surface area contributed by atoms with Gasteiger partial charge in [0.25, 0.3) is 0 Å². The van der Waals surface area contributed by atoms with Crippen molar-refractivity contribution in [3.05, 3.63) is 66.0 Å². The van der Waals surface area contributed by atoms with Gasteiger partial charge >= 0.3 is 0 Å². The van der Waals surface area contributed by atoms with Gasteiger partial charge < -0.3 is 11.1 Å². The Labute approximate surface area is 119 Å². The summed E-state index contributed by atoms with van der Waals surface area (Å²) in [6, 6.07) is 15.8. The topological polar surface area (TPSA) is 68.0 Å². The molecule has 1 amide bonds. The fourth-order valence-electron chi connectivity index (χ4n) is 2.18. The van der Waals surface area contributed by atoms with Crippen molar-refractivity contribution in [3.63, 3.8) is 0 Å². The summed E-state index contributed by atoms with van der Waals surface area (Å²) in [4.78, 5) is 15.9. The zero-order valence-corrected chi connectivity index (χ0v) is 11.5. The molecule has 20 heavy (non-hydrogen) atoms. The lowest BCUT2D eigenvalue weighted by Crippen LogP contribution is -2.42. The average Bonchev–Trinajstić information content (AvgIpc) is 2.54. The number of nitrogens with one attached hydrogen (secondary N) is 1. The number of hydrogen-bond acceptors (Lipinski definition) is 3. The fourth-order valence-corrected chi connectivity index (χ4v) is 2.18. The van der Waals surface area contributed by atoms with Crippen LogP contribution in [0.4, 0.5) is 0 Å². The normalized spacial score (nSPS) is 13.5. The molecular weight excluding hydrogens is 250 g/mol. The van der Waals surface area contributed by atoms with E-state index in [1.165, 1.54) is 0 Å². The molecule has 4 heteroatoms. The van der Waals surface area contributed by atoms with E-state index >= 15 is 0 Å². The van der Waals surface area contributed by atoms with E-state index in [2.05, 4.69) is 17.2 Å². The van der Waals surface area contributed by atoms with E-state index in [1.807, 2.05) is 48.5 Å². The molecular formula is C16H19N3O. The van der Waals surface area contributed by atoms with Gasteiger partial charge in [0.15, 0.2) is 0 Å². The van der Waals surface area contributed by atoms with Crippen LogP contribution in [-0.2, 0) is 10.2 Å². The first-order valence-electron chi connectivity index (χ1n) is 6.60. The predicted octanol–water partition coefficient (Wildman–Crippen LogP) is 1.46. The lowest BCUT2D eigenvalue weighted by Gasteiger charge is -2.30. The molecule has 0 aliphatic rings. The summed E-state index contributed by atoms with van der Waals surface area (Å²) >= 11 is 0. The van der Waals surface area contributed by atoms with Crippen molar-refractivity contribution in [1.29, 1.82) is 0 Å². The summed E-state index contributed by atoms with van der Waals surface area (Å²) in [5.41, 5.74) is 7.00. The monoisotopic (exact) mass is 269 g/mol. The molecule has 1 atom stereocenters. The molecule has 0 saturated carbocycles. The Hall–Kier alpha value is -2.20. The lowest BCUT2D eigenvalue weighted by molar-refractivity contribution is -0.119. The number of aromatic nitrogens is 1. The first kappa shape index (κ1) is 14.2. The molecule has 0 radical (unpaired) electrons. The number of carbonyl (C=O) groups is 1. The largest absolute Gasteiger partial charge is 0.354 e. The highest BCUT2D eigenvalue weighted by Gasteiger charge is 2.30. The number of carbonyl (C=O) groups excluding carboxylic acids is 1. The molecule has 1 unspecified atom stereocenters. The molecule has 1 aromatic heterocycles. The van der Waals surface area contributed by atoms with Gasteiger partial charge in [-0.1, -0.05) is 36.4 Å². The highest BCUT2D eigenvalue weighted by atomic mass is 16.1. The first-order valence-corrected chi connectivity index (χ1v) is 6.60. The van der Waals surface area contributed by atoms with Crippen LogP contribution in [0, 0.1) is 0 Å². The van der Waals surface area contributed by atoms with Crippen LogP contribution in [-0.4, -0.2) is 24.0 Å².